The second kappa shape index (κ2) is 6.92. The summed E-state index contributed by atoms with van der Waals surface area (Å²) in [4.78, 5) is 12.3. The van der Waals surface area contributed by atoms with E-state index in [-0.39, 0.29) is 29.8 Å². The number of amides is 1. The molecule has 0 saturated heterocycles. The lowest BCUT2D eigenvalue weighted by Crippen LogP contribution is -2.55. The molecule has 0 aliphatic rings. The first-order chi connectivity index (χ1) is 8.31. The third-order valence-corrected chi connectivity index (χ3v) is 3.95. The van der Waals surface area contributed by atoms with Crippen molar-refractivity contribution in [1.29, 1.82) is 0 Å². The van der Waals surface area contributed by atoms with Crippen molar-refractivity contribution < 1.29 is 4.79 Å². The molecule has 0 spiro atoms. The quantitative estimate of drug-likeness (QED) is 0.893. The molecule has 0 aromatic heterocycles. The highest BCUT2D eigenvalue weighted by atomic mass is 35.5. The smallest absolute Gasteiger partial charge is 0.252 e. The molecule has 0 fully saturated rings. The van der Waals surface area contributed by atoms with Crippen LogP contribution in [-0.2, 0) is 0 Å². The highest BCUT2D eigenvalue weighted by molar-refractivity contribution is 5.96. The maximum Gasteiger partial charge on any atom is 0.252 e. The molecule has 1 atom stereocenters. The molecule has 0 heterocycles. The average Bonchev–Trinajstić information content (AvgIpc) is 2.32. The normalized spacial score (nSPS) is 13.6. The first-order valence-electron chi connectivity index (χ1n) is 6.40. The lowest BCUT2D eigenvalue weighted by Gasteiger charge is -2.33. The van der Waals surface area contributed by atoms with Crippen molar-refractivity contribution in [3.63, 3.8) is 0 Å². The van der Waals surface area contributed by atoms with E-state index in [0.717, 1.165) is 16.7 Å². The predicted octanol–water partition coefficient (Wildman–Crippen LogP) is 2.83. The number of aryl methyl sites for hydroxylation is 1. The van der Waals surface area contributed by atoms with E-state index in [1.807, 2.05) is 39.0 Å². The minimum Gasteiger partial charge on any atom is -0.345 e. The molecule has 3 N–H and O–H groups in total. The van der Waals surface area contributed by atoms with Crippen LogP contribution in [0.15, 0.2) is 18.2 Å². The second-order valence-electron chi connectivity index (χ2n) is 5.48. The zero-order chi connectivity index (χ0) is 13.9. The molecule has 4 heteroatoms. The Kier molecular flexibility index (Phi) is 6.53. The van der Waals surface area contributed by atoms with Gasteiger partial charge in [0, 0.05) is 12.1 Å². The fourth-order valence-corrected chi connectivity index (χ4v) is 1.75. The monoisotopic (exact) mass is 284 g/mol. The number of hydrogen-bond donors (Lipinski definition) is 2. The summed E-state index contributed by atoms with van der Waals surface area (Å²) < 4.78 is 0. The lowest BCUT2D eigenvalue weighted by molar-refractivity contribution is 0.0882. The van der Waals surface area contributed by atoms with Gasteiger partial charge in [-0.2, -0.15) is 0 Å². The Morgan fingerprint density at radius 1 is 1.37 bits per heavy atom. The van der Waals surface area contributed by atoms with Gasteiger partial charge in [-0.1, -0.05) is 26.0 Å². The van der Waals surface area contributed by atoms with Crippen molar-refractivity contribution in [1.82, 2.24) is 5.32 Å². The fourth-order valence-electron chi connectivity index (χ4n) is 1.75. The summed E-state index contributed by atoms with van der Waals surface area (Å²) in [5, 5.41) is 3.06. The van der Waals surface area contributed by atoms with Gasteiger partial charge in [0.1, 0.15) is 0 Å². The number of nitrogens with one attached hydrogen (secondary N) is 1. The number of benzene rings is 1. The van der Waals surface area contributed by atoms with Crippen LogP contribution in [0.4, 0.5) is 0 Å². The summed E-state index contributed by atoms with van der Waals surface area (Å²) in [7, 11) is 0. The van der Waals surface area contributed by atoms with E-state index in [1.54, 1.807) is 0 Å². The molecule has 19 heavy (non-hydrogen) atoms. The summed E-state index contributed by atoms with van der Waals surface area (Å²) in [6, 6.07) is 5.78. The van der Waals surface area contributed by atoms with Crippen LogP contribution in [0.5, 0.6) is 0 Å². The van der Waals surface area contributed by atoms with E-state index in [9.17, 15) is 4.79 Å². The van der Waals surface area contributed by atoms with Crippen LogP contribution in [0.3, 0.4) is 0 Å². The van der Waals surface area contributed by atoms with Crippen molar-refractivity contribution in [2.75, 3.05) is 6.54 Å². The Morgan fingerprint density at radius 2 is 1.95 bits per heavy atom. The van der Waals surface area contributed by atoms with E-state index >= 15 is 0 Å². The molecule has 0 aliphatic heterocycles. The number of halogens is 1. The Hall–Kier alpha value is -1.06. The number of carbonyl (C=O) groups excluding carboxylic acids is 1. The van der Waals surface area contributed by atoms with E-state index < -0.39 is 0 Å². The SMILES string of the molecule is Cc1cccc(C(=O)NC(C)(CN)C(C)C)c1C.Cl. The Bertz CT molecular complexity index is 446. The van der Waals surface area contributed by atoms with Gasteiger partial charge in [-0.15, -0.1) is 12.4 Å². The van der Waals surface area contributed by atoms with Crippen molar-refractivity contribution in [2.45, 2.75) is 40.2 Å². The number of hydrogen-bond acceptors (Lipinski definition) is 2. The summed E-state index contributed by atoms with van der Waals surface area (Å²) in [6.45, 7) is 10.5. The molecule has 0 saturated carbocycles. The van der Waals surface area contributed by atoms with Crippen molar-refractivity contribution >= 4 is 18.3 Å². The number of nitrogens with two attached hydrogens (primary N) is 1. The molecule has 0 bridgehead atoms. The van der Waals surface area contributed by atoms with E-state index in [0.29, 0.717) is 6.54 Å². The standard InChI is InChI=1S/C15H24N2O.ClH/c1-10(2)15(5,9-16)17-14(18)13-8-6-7-11(3)12(13)4;/h6-8,10H,9,16H2,1-5H3,(H,17,18);1H. The van der Waals surface area contributed by atoms with Crippen LogP contribution in [-0.4, -0.2) is 18.0 Å². The van der Waals surface area contributed by atoms with Gasteiger partial charge in [0.25, 0.3) is 5.91 Å². The van der Waals surface area contributed by atoms with Gasteiger partial charge in [-0.05, 0) is 43.9 Å². The van der Waals surface area contributed by atoms with Gasteiger partial charge in [-0.3, -0.25) is 4.79 Å². The highest BCUT2D eigenvalue weighted by Crippen LogP contribution is 2.18. The lowest BCUT2D eigenvalue weighted by atomic mass is 9.88. The molecule has 0 aliphatic carbocycles. The summed E-state index contributed by atoms with van der Waals surface area (Å²) in [5.74, 6) is 0.245. The largest absolute Gasteiger partial charge is 0.345 e. The van der Waals surface area contributed by atoms with Crippen molar-refractivity contribution in [2.24, 2.45) is 11.7 Å². The van der Waals surface area contributed by atoms with Gasteiger partial charge >= 0.3 is 0 Å². The van der Waals surface area contributed by atoms with Crippen LogP contribution >= 0.6 is 12.4 Å². The van der Waals surface area contributed by atoms with Crippen LogP contribution < -0.4 is 11.1 Å². The molecular weight excluding hydrogens is 260 g/mol. The van der Waals surface area contributed by atoms with Gasteiger partial charge in [0.05, 0.1) is 5.54 Å². The molecule has 1 rings (SSSR count). The first kappa shape index (κ1) is 17.9. The molecule has 108 valence electrons. The zero-order valence-corrected chi connectivity index (χ0v) is 13.2. The molecule has 0 radical (unpaired) electrons. The van der Waals surface area contributed by atoms with E-state index in [4.69, 9.17) is 5.73 Å². The van der Waals surface area contributed by atoms with Crippen molar-refractivity contribution in [3.8, 4) is 0 Å². The summed E-state index contributed by atoms with van der Waals surface area (Å²) >= 11 is 0. The van der Waals surface area contributed by atoms with Crippen molar-refractivity contribution in [3.05, 3.63) is 34.9 Å². The molecular formula is C15H25ClN2O. The minimum absolute atomic E-state index is 0. The van der Waals surface area contributed by atoms with Crippen LogP contribution in [0.2, 0.25) is 0 Å². The van der Waals surface area contributed by atoms with Crippen LogP contribution in [0, 0.1) is 19.8 Å². The topological polar surface area (TPSA) is 55.1 Å². The number of rotatable bonds is 4. The maximum absolute atomic E-state index is 12.3. The molecule has 1 aromatic carbocycles. The first-order valence-corrected chi connectivity index (χ1v) is 6.40. The van der Waals surface area contributed by atoms with Gasteiger partial charge in [0.2, 0.25) is 0 Å². The molecule has 1 amide bonds. The number of carbonyl (C=O) groups is 1. The van der Waals surface area contributed by atoms with Crippen LogP contribution in [0.25, 0.3) is 0 Å². The second-order valence-corrected chi connectivity index (χ2v) is 5.48. The summed E-state index contributed by atoms with van der Waals surface area (Å²) in [6.07, 6.45) is 0. The fraction of sp³-hybridized carbons (Fsp3) is 0.533. The highest BCUT2D eigenvalue weighted by Gasteiger charge is 2.29. The Balaban J connectivity index is 0.00000324. The van der Waals surface area contributed by atoms with Gasteiger partial charge in [0.15, 0.2) is 0 Å². The minimum atomic E-state index is -0.368. The maximum atomic E-state index is 12.3. The third-order valence-electron chi connectivity index (χ3n) is 3.95. The third kappa shape index (κ3) is 3.95. The van der Waals surface area contributed by atoms with E-state index in [2.05, 4.69) is 19.2 Å². The Labute approximate surface area is 122 Å². The molecule has 1 aromatic rings. The van der Waals surface area contributed by atoms with Gasteiger partial charge < -0.3 is 11.1 Å². The zero-order valence-electron chi connectivity index (χ0n) is 12.4. The molecule has 1 unspecified atom stereocenters. The Morgan fingerprint density at radius 3 is 2.42 bits per heavy atom. The predicted molar refractivity (Wildman–Crippen MR) is 82.9 cm³/mol. The average molecular weight is 285 g/mol. The molecule has 3 nitrogen and oxygen atoms in total. The van der Waals surface area contributed by atoms with Gasteiger partial charge in [-0.25, -0.2) is 0 Å². The van der Waals surface area contributed by atoms with Crippen LogP contribution in [0.1, 0.15) is 42.3 Å². The summed E-state index contributed by atoms with van der Waals surface area (Å²) in [5.41, 5.74) is 8.30. The van der Waals surface area contributed by atoms with E-state index in [1.165, 1.54) is 0 Å².